The van der Waals surface area contributed by atoms with E-state index in [9.17, 15) is 5.11 Å². The van der Waals surface area contributed by atoms with Crippen LogP contribution in [0.3, 0.4) is 0 Å². The van der Waals surface area contributed by atoms with Crippen LogP contribution < -0.4 is 0 Å². The van der Waals surface area contributed by atoms with E-state index in [2.05, 4.69) is 20.9 Å². The monoisotopic (exact) mass is 273 g/mol. The van der Waals surface area contributed by atoms with E-state index in [1.807, 2.05) is 13.0 Å². The number of aromatic nitrogens is 1. The Kier molecular flexibility index (Phi) is 4.70. The van der Waals surface area contributed by atoms with Gasteiger partial charge in [-0.1, -0.05) is 0 Å². The Labute approximate surface area is 98.6 Å². The Hall–Kier alpha value is -0.450. The summed E-state index contributed by atoms with van der Waals surface area (Å²) in [5.41, 5.74) is 0.281. The second kappa shape index (κ2) is 5.58. The molecule has 0 saturated heterocycles. The number of halogens is 1. The van der Waals surface area contributed by atoms with Gasteiger partial charge in [0, 0.05) is 37.0 Å². The summed E-state index contributed by atoms with van der Waals surface area (Å²) in [6.07, 6.45) is 4.71. The highest BCUT2D eigenvalue weighted by Crippen LogP contribution is 2.18. The van der Waals surface area contributed by atoms with E-state index in [1.165, 1.54) is 0 Å². The minimum atomic E-state index is -0.738. The molecule has 1 N–H and O–H groups in total. The van der Waals surface area contributed by atoms with Crippen LogP contribution in [-0.2, 0) is 11.2 Å². The third-order valence-electron chi connectivity index (χ3n) is 2.19. The van der Waals surface area contributed by atoms with Crippen molar-refractivity contribution in [1.29, 1.82) is 0 Å². The maximum Gasteiger partial charge on any atom is 0.0682 e. The molecular weight excluding hydrogens is 258 g/mol. The second-order valence-electron chi connectivity index (χ2n) is 3.93. The molecule has 0 aliphatic heterocycles. The van der Waals surface area contributed by atoms with E-state index >= 15 is 0 Å². The van der Waals surface area contributed by atoms with Crippen LogP contribution in [0.1, 0.15) is 18.9 Å². The Morgan fingerprint density at radius 2 is 2.27 bits per heavy atom. The molecule has 1 heterocycles. The molecule has 0 aliphatic carbocycles. The number of nitrogens with zero attached hydrogens (tertiary/aromatic N) is 1. The molecule has 1 atom stereocenters. The van der Waals surface area contributed by atoms with Gasteiger partial charge in [-0.05, 0) is 40.9 Å². The average Bonchev–Trinajstić information content (AvgIpc) is 2.14. The van der Waals surface area contributed by atoms with Crippen molar-refractivity contribution >= 4 is 15.9 Å². The minimum absolute atomic E-state index is 0.564. The summed E-state index contributed by atoms with van der Waals surface area (Å²) in [6, 6.07) is 1.97. The smallest absolute Gasteiger partial charge is 0.0682 e. The van der Waals surface area contributed by atoms with Crippen LogP contribution >= 0.6 is 15.9 Å². The van der Waals surface area contributed by atoms with Crippen molar-refractivity contribution < 1.29 is 9.84 Å². The van der Waals surface area contributed by atoms with Gasteiger partial charge in [-0.25, -0.2) is 0 Å². The van der Waals surface area contributed by atoms with Gasteiger partial charge < -0.3 is 9.84 Å². The molecule has 1 unspecified atom stereocenters. The van der Waals surface area contributed by atoms with Crippen molar-refractivity contribution in [2.24, 2.45) is 0 Å². The predicted octanol–water partition coefficient (Wildman–Crippen LogP) is 2.17. The van der Waals surface area contributed by atoms with Crippen LogP contribution in [0.25, 0.3) is 0 Å². The summed E-state index contributed by atoms with van der Waals surface area (Å²) in [5, 5.41) is 10.1. The van der Waals surface area contributed by atoms with Gasteiger partial charge in [0.1, 0.15) is 0 Å². The molecule has 1 aromatic heterocycles. The molecular formula is C11H16BrNO2. The first-order chi connectivity index (χ1) is 7.03. The van der Waals surface area contributed by atoms with E-state index in [0.717, 1.165) is 10.0 Å². The summed E-state index contributed by atoms with van der Waals surface area (Å²) >= 11 is 3.35. The molecule has 3 nitrogen and oxygen atoms in total. The topological polar surface area (TPSA) is 42.4 Å². The standard InChI is InChI=1S/C11H16BrNO2/c1-11(14,3-4-15-2)6-9-5-10(12)8-13-7-9/h5,7-8,14H,3-4,6H2,1-2H3. The molecule has 0 bridgehead atoms. The summed E-state index contributed by atoms with van der Waals surface area (Å²) in [6.45, 7) is 2.38. The first-order valence-electron chi connectivity index (χ1n) is 4.84. The van der Waals surface area contributed by atoms with E-state index in [-0.39, 0.29) is 0 Å². The Morgan fingerprint density at radius 3 is 2.87 bits per heavy atom. The van der Waals surface area contributed by atoms with Gasteiger partial charge in [-0.15, -0.1) is 0 Å². The first-order valence-corrected chi connectivity index (χ1v) is 5.63. The largest absolute Gasteiger partial charge is 0.390 e. The number of methoxy groups -OCH3 is 1. The van der Waals surface area contributed by atoms with Gasteiger partial charge in [0.25, 0.3) is 0 Å². The maximum absolute atomic E-state index is 10.1. The molecule has 0 fully saturated rings. The summed E-state index contributed by atoms with van der Waals surface area (Å²) in [7, 11) is 1.64. The lowest BCUT2D eigenvalue weighted by Crippen LogP contribution is -2.28. The number of pyridine rings is 1. The fourth-order valence-corrected chi connectivity index (χ4v) is 1.81. The Balaban J connectivity index is 2.60. The van der Waals surface area contributed by atoms with Gasteiger partial charge >= 0.3 is 0 Å². The van der Waals surface area contributed by atoms with E-state index in [4.69, 9.17) is 4.74 Å². The lowest BCUT2D eigenvalue weighted by atomic mass is 9.94. The summed E-state index contributed by atoms with van der Waals surface area (Å²) < 4.78 is 5.89. The first kappa shape index (κ1) is 12.6. The highest BCUT2D eigenvalue weighted by molar-refractivity contribution is 9.10. The fourth-order valence-electron chi connectivity index (χ4n) is 1.40. The normalized spacial score (nSPS) is 14.9. The van der Waals surface area contributed by atoms with Crippen molar-refractivity contribution in [3.63, 3.8) is 0 Å². The molecule has 0 radical (unpaired) electrons. The molecule has 4 heteroatoms. The van der Waals surface area contributed by atoms with Crippen LogP contribution in [-0.4, -0.2) is 29.4 Å². The van der Waals surface area contributed by atoms with Crippen molar-refractivity contribution in [3.05, 3.63) is 28.5 Å². The summed E-state index contributed by atoms with van der Waals surface area (Å²) in [5.74, 6) is 0. The SMILES string of the molecule is COCCC(C)(O)Cc1cncc(Br)c1. The molecule has 84 valence electrons. The second-order valence-corrected chi connectivity index (χ2v) is 4.84. The molecule has 0 amide bonds. The highest BCUT2D eigenvalue weighted by atomic mass is 79.9. The van der Waals surface area contributed by atoms with E-state index in [0.29, 0.717) is 19.4 Å². The van der Waals surface area contributed by atoms with Crippen molar-refractivity contribution in [1.82, 2.24) is 4.98 Å². The zero-order valence-electron chi connectivity index (χ0n) is 9.03. The quantitative estimate of drug-likeness (QED) is 0.894. The minimum Gasteiger partial charge on any atom is -0.390 e. The highest BCUT2D eigenvalue weighted by Gasteiger charge is 2.20. The Morgan fingerprint density at radius 1 is 1.53 bits per heavy atom. The van der Waals surface area contributed by atoms with Gasteiger partial charge in [-0.3, -0.25) is 4.98 Å². The number of aliphatic hydroxyl groups is 1. The number of hydrogen-bond acceptors (Lipinski definition) is 3. The molecule has 0 spiro atoms. The van der Waals surface area contributed by atoms with Crippen molar-refractivity contribution in [2.45, 2.75) is 25.4 Å². The zero-order chi connectivity index (χ0) is 11.3. The molecule has 15 heavy (non-hydrogen) atoms. The van der Waals surface area contributed by atoms with E-state index < -0.39 is 5.60 Å². The lowest BCUT2D eigenvalue weighted by molar-refractivity contribution is 0.0248. The van der Waals surface area contributed by atoms with Gasteiger partial charge in [-0.2, -0.15) is 0 Å². The lowest BCUT2D eigenvalue weighted by Gasteiger charge is -2.22. The predicted molar refractivity (Wildman–Crippen MR) is 62.8 cm³/mol. The Bertz CT molecular complexity index is 315. The molecule has 0 saturated carbocycles. The van der Waals surface area contributed by atoms with Crippen LogP contribution in [0, 0.1) is 0 Å². The molecule has 0 aliphatic rings. The maximum atomic E-state index is 10.1. The number of ether oxygens (including phenoxy) is 1. The van der Waals surface area contributed by atoms with Gasteiger partial charge in [0.15, 0.2) is 0 Å². The molecule has 1 aromatic rings. The van der Waals surface area contributed by atoms with Gasteiger partial charge in [0.05, 0.1) is 5.60 Å². The molecule has 1 rings (SSSR count). The van der Waals surface area contributed by atoms with Crippen molar-refractivity contribution in [3.8, 4) is 0 Å². The van der Waals surface area contributed by atoms with Crippen LogP contribution in [0.2, 0.25) is 0 Å². The fraction of sp³-hybridized carbons (Fsp3) is 0.545. The van der Waals surface area contributed by atoms with Gasteiger partial charge in [0.2, 0.25) is 0 Å². The third kappa shape index (κ3) is 4.73. The van der Waals surface area contributed by atoms with Crippen LogP contribution in [0.5, 0.6) is 0 Å². The number of hydrogen-bond donors (Lipinski definition) is 1. The zero-order valence-corrected chi connectivity index (χ0v) is 10.6. The molecule has 0 aromatic carbocycles. The van der Waals surface area contributed by atoms with E-state index in [1.54, 1.807) is 19.5 Å². The summed E-state index contributed by atoms with van der Waals surface area (Å²) in [4.78, 5) is 4.06. The third-order valence-corrected chi connectivity index (χ3v) is 2.62. The average molecular weight is 274 g/mol. The van der Waals surface area contributed by atoms with Crippen LogP contribution in [0.15, 0.2) is 22.9 Å². The van der Waals surface area contributed by atoms with Crippen molar-refractivity contribution in [2.75, 3.05) is 13.7 Å². The number of rotatable bonds is 5. The van der Waals surface area contributed by atoms with Crippen LogP contribution in [0.4, 0.5) is 0 Å².